The summed E-state index contributed by atoms with van der Waals surface area (Å²) >= 11 is 0. The smallest absolute Gasteiger partial charge is 0.226 e. The maximum atomic E-state index is 13.0. The molecule has 26 heavy (non-hydrogen) atoms. The van der Waals surface area contributed by atoms with Crippen molar-refractivity contribution in [2.24, 2.45) is 18.9 Å². The Morgan fingerprint density at radius 1 is 1.23 bits per heavy atom. The quantitative estimate of drug-likeness (QED) is 0.759. The molecule has 1 amide bonds. The number of carbonyl (C=O) groups is 1. The fourth-order valence-electron chi connectivity index (χ4n) is 4.86. The molecule has 1 saturated carbocycles. The Balaban J connectivity index is 1.42. The molecule has 0 spiro atoms. The lowest BCUT2D eigenvalue weighted by molar-refractivity contribution is -0.137. The Morgan fingerprint density at radius 2 is 2.08 bits per heavy atom. The van der Waals surface area contributed by atoms with E-state index in [0.29, 0.717) is 19.1 Å². The third kappa shape index (κ3) is 3.73. The second-order valence-corrected chi connectivity index (χ2v) is 8.27. The molecule has 0 bridgehead atoms. The average molecular weight is 357 g/mol. The predicted octanol–water partition coefficient (Wildman–Crippen LogP) is 3.41. The van der Waals surface area contributed by atoms with Gasteiger partial charge in [0.25, 0.3) is 0 Å². The van der Waals surface area contributed by atoms with Crippen LogP contribution in [-0.2, 0) is 23.1 Å². The molecule has 4 rings (SSSR count). The van der Waals surface area contributed by atoms with Crippen LogP contribution in [0, 0.1) is 11.8 Å². The Bertz CT molecular complexity index is 660. The molecule has 1 aromatic heterocycles. The van der Waals surface area contributed by atoms with Crippen molar-refractivity contribution in [3.63, 3.8) is 0 Å². The average Bonchev–Trinajstić information content (AvgIpc) is 3.32. The maximum absolute atomic E-state index is 13.0. The van der Waals surface area contributed by atoms with Crippen LogP contribution < -0.4 is 0 Å². The molecule has 0 radical (unpaired) electrons. The van der Waals surface area contributed by atoms with E-state index in [9.17, 15) is 4.79 Å². The van der Waals surface area contributed by atoms with Crippen molar-refractivity contribution in [2.45, 2.75) is 57.4 Å². The largest absolute Gasteiger partial charge is 0.380 e. The first-order valence-electron chi connectivity index (χ1n) is 10.2. The number of rotatable bonds is 5. The molecule has 0 N–H and O–H groups in total. The normalized spacial score (nSPS) is 26.3. The van der Waals surface area contributed by atoms with Gasteiger partial charge in [0.1, 0.15) is 0 Å². The monoisotopic (exact) mass is 357 g/mol. The van der Waals surface area contributed by atoms with Crippen LogP contribution in [-0.4, -0.2) is 40.1 Å². The molecular formula is C21H31N3O2. The molecule has 2 atom stereocenters. The molecule has 2 heterocycles. The molecule has 1 aliphatic heterocycles. The van der Waals surface area contributed by atoms with Gasteiger partial charge in [-0.15, -0.1) is 0 Å². The molecule has 5 nitrogen and oxygen atoms in total. The van der Waals surface area contributed by atoms with Crippen LogP contribution >= 0.6 is 0 Å². The molecule has 0 saturated heterocycles. The lowest BCUT2D eigenvalue weighted by atomic mass is 9.91. The highest BCUT2D eigenvalue weighted by Crippen LogP contribution is 2.31. The van der Waals surface area contributed by atoms with Crippen LogP contribution in [0.5, 0.6) is 0 Å². The van der Waals surface area contributed by atoms with E-state index in [0.717, 1.165) is 44.0 Å². The number of imidazole rings is 1. The number of nitrogens with zero attached hydrogens (tertiary/aromatic N) is 3. The van der Waals surface area contributed by atoms with Gasteiger partial charge in [-0.1, -0.05) is 25.0 Å². The minimum absolute atomic E-state index is 0.144. The number of aromatic nitrogens is 2. The fraction of sp³-hybridized carbons (Fsp3) is 0.714. The van der Waals surface area contributed by atoms with Crippen LogP contribution in [0.25, 0.3) is 0 Å². The van der Waals surface area contributed by atoms with Gasteiger partial charge in [0.15, 0.2) is 0 Å². The molecular weight excluding hydrogens is 326 g/mol. The third-order valence-electron chi connectivity index (χ3n) is 6.31. The highest BCUT2D eigenvalue weighted by atomic mass is 16.5. The number of hydrogen-bond acceptors (Lipinski definition) is 3. The summed E-state index contributed by atoms with van der Waals surface area (Å²) < 4.78 is 8.24. The lowest BCUT2D eigenvalue weighted by Crippen LogP contribution is -2.43. The van der Waals surface area contributed by atoms with Gasteiger partial charge in [0.05, 0.1) is 25.2 Å². The van der Waals surface area contributed by atoms with Crippen molar-refractivity contribution in [3.8, 4) is 0 Å². The van der Waals surface area contributed by atoms with E-state index in [2.05, 4.69) is 28.8 Å². The highest BCUT2D eigenvalue weighted by Gasteiger charge is 2.34. The van der Waals surface area contributed by atoms with E-state index in [-0.39, 0.29) is 11.8 Å². The van der Waals surface area contributed by atoms with Gasteiger partial charge in [-0.05, 0) is 38.0 Å². The summed E-state index contributed by atoms with van der Waals surface area (Å²) in [6.07, 6.45) is 14.4. The van der Waals surface area contributed by atoms with Gasteiger partial charge in [0.2, 0.25) is 5.91 Å². The number of hydrogen-bond donors (Lipinski definition) is 0. The van der Waals surface area contributed by atoms with Crippen molar-refractivity contribution in [1.29, 1.82) is 0 Å². The van der Waals surface area contributed by atoms with Gasteiger partial charge in [-0.2, -0.15) is 0 Å². The summed E-state index contributed by atoms with van der Waals surface area (Å²) in [4.78, 5) is 19.6. The van der Waals surface area contributed by atoms with Crippen molar-refractivity contribution < 1.29 is 9.53 Å². The molecule has 3 aliphatic rings. The molecule has 0 unspecified atom stereocenters. The number of fused-ring (bicyclic) bond motifs is 1. The topological polar surface area (TPSA) is 47.4 Å². The minimum Gasteiger partial charge on any atom is -0.380 e. The highest BCUT2D eigenvalue weighted by molar-refractivity contribution is 5.79. The van der Waals surface area contributed by atoms with E-state index >= 15 is 0 Å². The summed E-state index contributed by atoms with van der Waals surface area (Å²) in [6, 6.07) is 0. The van der Waals surface area contributed by atoms with Crippen LogP contribution in [0.3, 0.4) is 0 Å². The van der Waals surface area contributed by atoms with Gasteiger partial charge < -0.3 is 14.2 Å². The summed E-state index contributed by atoms with van der Waals surface area (Å²) in [5.74, 6) is 1.41. The van der Waals surface area contributed by atoms with Crippen molar-refractivity contribution >= 4 is 5.91 Å². The number of ether oxygens (including phenoxy) is 1. The summed E-state index contributed by atoms with van der Waals surface area (Å²) in [7, 11) is 2.05. The molecule has 1 fully saturated rings. The van der Waals surface area contributed by atoms with Crippen LogP contribution in [0.1, 0.15) is 62.3 Å². The molecule has 142 valence electrons. The second-order valence-electron chi connectivity index (χ2n) is 8.27. The van der Waals surface area contributed by atoms with Crippen LogP contribution in [0.15, 0.2) is 18.5 Å². The third-order valence-corrected chi connectivity index (χ3v) is 6.31. The number of carbonyl (C=O) groups excluding carboxylic acids is 1. The van der Waals surface area contributed by atoms with Crippen LogP contribution in [0.4, 0.5) is 0 Å². The Morgan fingerprint density at radius 3 is 2.85 bits per heavy atom. The van der Waals surface area contributed by atoms with E-state index in [1.807, 2.05) is 11.2 Å². The lowest BCUT2D eigenvalue weighted by Gasteiger charge is -2.35. The van der Waals surface area contributed by atoms with Gasteiger partial charge >= 0.3 is 0 Å². The number of aryl methyl sites for hydroxylation is 1. The molecule has 2 aliphatic carbocycles. The predicted molar refractivity (Wildman–Crippen MR) is 101 cm³/mol. The number of allylic oxidation sites excluding steroid dienone is 2. The SMILES string of the molecule is Cn1cnc2c1[C@@H](COCC1CCCC1)CN(C(=O)[C@H]1CC=CCC1)C2. The summed E-state index contributed by atoms with van der Waals surface area (Å²) in [5.41, 5.74) is 2.30. The summed E-state index contributed by atoms with van der Waals surface area (Å²) in [6.45, 7) is 2.97. The standard InChI is InChI=1S/C21H31N3O2/c1-23-15-22-19-12-24(21(25)17-9-3-2-4-10-17)11-18(20(19)23)14-26-13-16-7-5-6-8-16/h2-3,15-18H,4-14H2,1H3/t17-,18+/m0/s1. The molecule has 5 heteroatoms. The van der Waals surface area contributed by atoms with Crippen molar-refractivity contribution in [2.75, 3.05) is 19.8 Å². The second kappa shape index (κ2) is 7.95. The van der Waals surface area contributed by atoms with E-state index in [1.54, 1.807) is 0 Å². The summed E-state index contributed by atoms with van der Waals surface area (Å²) in [5, 5.41) is 0. The Hall–Kier alpha value is -1.62. The molecule has 0 aromatic carbocycles. The molecule has 1 aromatic rings. The first kappa shape index (κ1) is 17.8. The Kier molecular flexibility index (Phi) is 5.44. The van der Waals surface area contributed by atoms with E-state index < -0.39 is 0 Å². The fourth-order valence-corrected chi connectivity index (χ4v) is 4.86. The zero-order chi connectivity index (χ0) is 17.9. The zero-order valence-corrected chi connectivity index (χ0v) is 15.9. The minimum atomic E-state index is 0.144. The van der Waals surface area contributed by atoms with Gasteiger partial charge in [-0.3, -0.25) is 4.79 Å². The van der Waals surface area contributed by atoms with Crippen LogP contribution in [0.2, 0.25) is 0 Å². The Labute approximate surface area is 156 Å². The first-order valence-corrected chi connectivity index (χ1v) is 10.2. The van der Waals surface area contributed by atoms with Crippen molar-refractivity contribution in [1.82, 2.24) is 14.5 Å². The van der Waals surface area contributed by atoms with Gasteiger partial charge in [-0.25, -0.2) is 4.98 Å². The van der Waals surface area contributed by atoms with Crippen molar-refractivity contribution in [3.05, 3.63) is 29.9 Å². The first-order chi connectivity index (χ1) is 12.7. The maximum Gasteiger partial charge on any atom is 0.226 e. The van der Waals surface area contributed by atoms with E-state index in [1.165, 1.54) is 31.4 Å². The van der Waals surface area contributed by atoms with Gasteiger partial charge in [0, 0.05) is 37.7 Å². The number of amides is 1. The van der Waals surface area contributed by atoms with E-state index in [4.69, 9.17) is 4.74 Å². The zero-order valence-electron chi connectivity index (χ0n) is 15.9.